The predicted octanol–water partition coefficient (Wildman–Crippen LogP) is 9.18. The molecule has 0 spiro atoms. The van der Waals surface area contributed by atoms with Gasteiger partial charge in [0.1, 0.15) is 0 Å². The molecule has 0 aromatic rings. The van der Waals surface area contributed by atoms with E-state index in [1.165, 1.54) is 25.7 Å². The molecule has 0 unspecified atom stereocenters. The van der Waals surface area contributed by atoms with E-state index in [2.05, 4.69) is 55.4 Å². The summed E-state index contributed by atoms with van der Waals surface area (Å²) >= 11 is -1.94. The summed E-state index contributed by atoms with van der Waals surface area (Å²) in [6, 6.07) is 0. The van der Waals surface area contributed by atoms with Crippen molar-refractivity contribution in [2.24, 2.45) is 23.7 Å². The molecule has 0 aromatic carbocycles. The van der Waals surface area contributed by atoms with Gasteiger partial charge in [-0.1, -0.05) is 0 Å². The van der Waals surface area contributed by atoms with Crippen molar-refractivity contribution in [1.82, 2.24) is 0 Å². The zero-order valence-electron chi connectivity index (χ0n) is 19.3. The van der Waals surface area contributed by atoms with Crippen molar-refractivity contribution in [2.45, 2.75) is 125 Å². The van der Waals surface area contributed by atoms with Crippen LogP contribution in [-0.2, 0) is 0 Å². The maximum atomic E-state index is 2.41. The van der Waals surface area contributed by atoms with Gasteiger partial charge in [0.05, 0.1) is 0 Å². The molecular weight excluding hydrogens is 407 g/mol. The minimum absolute atomic E-state index is 0.894. The van der Waals surface area contributed by atoms with Gasteiger partial charge in [0.2, 0.25) is 0 Å². The molecule has 0 atom stereocenters. The van der Waals surface area contributed by atoms with E-state index in [4.69, 9.17) is 0 Å². The first-order chi connectivity index (χ1) is 11.7. The van der Waals surface area contributed by atoms with Crippen LogP contribution in [0, 0.1) is 23.7 Å². The molecule has 0 bridgehead atoms. The normalized spacial score (nSPS) is 13.0. The van der Waals surface area contributed by atoms with Crippen LogP contribution in [0.4, 0.5) is 0 Å². The Bertz CT molecular complexity index is 229. The van der Waals surface area contributed by atoms with Crippen LogP contribution in [0.15, 0.2) is 0 Å². The summed E-state index contributed by atoms with van der Waals surface area (Å²) in [7, 11) is 0. The first-order valence-electron chi connectivity index (χ1n) is 11.7. The molecule has 152 valence electrons. The first kappa shape index (κ1) is 25.8. The molecule has 1 heteroatoms. The van der Waals surface area contributed by atoms with Crippen molar-refractivity contribution in [3.8, 4) is 0 Å². The van der Waals surface area contributed by atoms with Crippen LogP contribution >= 0.6 is 0 Å². The molecule has 0 aliphatic carbocycles. The molecule has 0 N–H and O–H groups in total. The average Bonchev–Trinajstić information content (AvgIpc) is 2.45. The van der Waals surface area contributed by atoms with Crippen molar-refractivity contribution in [2.75, 3.05) is 0 Å². The molecule has 0 nitrogen and oxygen atoms in total. The van der Waals surface area contributed by atoms with Gasteiger partial charge in [0, 0.05) is 0 Å². The van der Waals surface area contributed by atoms with Gasteiger partial charge in [-0.25, -0.2) is 0 Å². The van der Waals surface area contributed by atoms with E-state index in [0.717, 1.165) is 23.7 Å². The Morgan fingerprint density at radius 1 is 0.400 bits per heavy atom. The third-order valence-electron chi connectivity index (χ3n) is 5.95. The fourth-order valence-corrected chi connectivity index (χ4v) is 19.5. The van der Waals surface area contributed by atoms with Crippen molar-refractivity contribution in [3.05, 3.63) is 0 Å². The molecule has 0 heterocycles. The molecule has 25 heavy (non-hydrogen) atoms. The Balaban J connectivity index is 4.85. The Morgan fingerprint density at radius 2 is 0.600 bits per heavy atom. The van der Waals surface area contributed by atoms with E-state index < -0.39 is 18.4 Å². The van der Waals surface area contributed by atoms with Gasteiger partial charge < -0.3 is 0 Å². The monoisotopic (exact) mass is 460 g/mol. The summed E-state index contributed by atoms with van der Waals surface area (Å²) in [5.41, 5.74) is 0. The molecule has 0 amide bonds. The van der Waals surface area contributed by atoms with Crippen LogP contribution in [0.1, 0.15) is 107 Å². The SMILES string of the molecule is CC(C)CC[CH2][Sn]([CH2]CCC(C)C)([CH2]CCC(C)C)[CH2]CCC(C)C. The van der Waals surface area contributed by atoms with Gasteiger partial charge in [-0.15, -0.1) is 0 Å². The summed E-state index contributed by atoms with van der Waals surface area (Å²) in [6.07, 6.45) is 12.0. The zero-order valence-corrected chi connectivity index (χ0v) is 22.1. The molecular formula is C24H52Sn. The Labute approximate surface area is 166 Å². The van der Waals surface area contributed by atoms with Gasteiger partial charge >= 0.3 is 167 Å². The Hall–Kier alpha value is 0.799. The third-order valence-corrected chi connectivity index (χ3v) is 22.1. The maximum absolute atomic E-state index is 2.41. The summed E-state index contributed by atoms with van der Waals surface area (Å²) < 4.78 is 6.78. The fourth-order valence-electron chi connectivity index (χ4n) is 4.29. The standard InChI is InChI=1S/4C6H13.Sn/c4*1-4-5-6(2)3;/h4*6H,1,4-5H2,2-3H3;. The Morgan fingerprint density at radius 3 is 0.760 bits per heavy atom. The second-order valence-corrected chi connectivity index (χ2v) is 24.9. The van der Waals surface area contributed by atoms with Crippen molar-refractivity contribution in [3.63, 3.8) is 0 Å². The topological polar surface area (TPSA) is 0 Å². The average molecular weight is 459 g/mol. The van der Waals surface area contributed by atoms with E-state index in [9.17, 15) is 0 Å². The number of rotatable bonds is 16. The van der Waals surface area contributed by atoms with E-state index in [1.54, 1.807) is 43.4 Å². The van der Waals surface area contributed by atoms with Crippen LogP contribution in [0.3, 0.4) is 0 Å². The number of hydrogen-bond donors (Lipinski definition) is 0. The van der Waals surface area contributed by atoms with Crippen molar-refractivity contribution in [1.29, 1.82) is 0 Å². The van der Waals surface area contributed by atoms with Gasteiger partial charge in [-0.05, 0) is 0 Å². The van der Waals surface area contributed by atoms with E-state index in [-0.39, 0.29) is 0 Å². The minimum atomic E-state index is -1.94. The van der Waals surface area contributed by atoms with Gasteiger partial charge in [0.15, 0.2) is 0 Å². The molecule has 0 fully saturated rings. The van der Waals surface area contributed by atoms with E-state index >= 15 is 0 Å². The number of hydrogen-bond acceptors (Lipinski definition) is 0. The van der Waals surface area contributed by atoms with Crippen LogP contribution in [0.5, 0.6) is 0 Å². The summed E-state index contributed by atoms with van der Waals surface area (Å²) in [5.74, 6) is 3.58. The van der Waals surface area contributed by atoms with Crippen LogP contribution < -0.4 is 0 Å². The molecule has 0 aromatic heterocycles. The van der Waals surface area contributed by atoms with Crippen LogP contribution in [0.2, 0.25) is 17.7 Å². The summed E-state index contributed by atoms with van der Waals surface area (Å²) in [4.78, 5) is 0. The molecule has 0 saturated heterocycles. The van der Waals surface area contributed by atoms with Gasteiger partial charge in [-0.2, -0.15) is 0 Å². The van der Waals surface area contributed by atoms with Gasteiger partial charge in [0.25, 0.3) is 0 Å². The zero-order chi connectivity index (χ0) is 19.3. The summed E-state index contributed by atoms with van der Waals surface area (Å²) in [5, 5.41) is 0. The van der Waals surface area contributed by atoms with Gasteiger partial charge in [-0.3, -0.25) is 0 Å². The second-order valence-electron chi connectivity index (χ2n) is 10.6. The van der Waals surface area contributed by atoms with Crippen molar-refractivity contribution < 1.29 is 0 Å². The molecule has 0 rings (SSSR count). The van der Waals surface area contributed by atoms with E-state index in [1.807, 2.05) is 0 Å². The quantitative estimate of drug-likeness (QED) is 0.202. The second kappa shape index (κ2) is 14.8. The van der Waals surface area contributed by atoms with Crippen molar-refractivity contribution >= 4 is 18.4 Å². The molecule has 0 saturated carbocycles. The molecule has 0 aliphatic rings. The third kappa shape index (κ3) is 15.5. The van der Waals surface area contributed by atoms with Crippen LogP contribution in [-0.4, -0.2) is 18.4 Å². The van der Waals surface area contributed by atoms with Crippen LogP contribution in [0.25, 0.3) is 0 Å². The van der Waals surface area contributed by atoms with E-state index in [0.29, 0.717) is 0 Å². The predicted molar refractivity (Wildman–Crippen MR) is 121 cm³/mol. The molecule has 0 radical (unpaired) electrons. The molecule has 0 aliphatic heterocycles. The fraction of sp³-hybridized carbons (Fsp3) is 1.00. The Kier molecular flexibility index (Phi) is 15.3. The summed E-state index contributed by atoms with van der Waals surface area (Å²) in [6.45, 7) is 19.3. The first-order valence-corrected chi connectivity index (χ1v) is 19.7.